The summed E-state index contributed by atoms with van der Waals surface area (Å²) in [4.78, 5) is 50.0. The number of aromatic amines is 2. The highest BCUT2D eigenvalue weighted by atomic mass is 16.6. The SMILES string of the molecule is CCOC(=O)c1ccn(Cc2cc([N+](=O)[O-])cc3[nH]c(=O)c(=O)[nH]c23)n1. The molecule has 11 heteroatoms. The first kappa shape index (κ1) is 17.1. The maximum absolute atomic E-state index is 11.7. The first-order valence-corrected chi connectivity index (χ1v) is 7.53. The fraction of sp³-hybridized carbons (Fsp3) is 0.200. The number of nitro benzene ring substituents is 1. The molecule has 3 rings (SSSR count). The molecule has 3 aromatic rings. The molecule has 1 aromatic carbocycles. The Morgan fingerprint density at radius 2 is 2.04 bits per heavy atom. The molecule has 0 aliphatic carbocycles. The van der Waals surface area contributed by atoms with Crippen molar-refractivity contribution < 1.29 is 14.5 Å². The topological polar surface area (TPSA) is 153 Å². The molecule has 26 heavy (non-hydrogen) atoms. The minimum atomic E-state index is -0.910. The molecular weight excluding hydrogens is 346 g/mol. The molecule has 0 bridgehead atoms. The van der Waals surface area contributed by atoms with Crippen LogP contribution >= 0.6 is 0 Å². The lowest BCUT2D eigenvalue weighted by Gasteiger charge is -2.07. The predicted octanol–water partition coefficient (Wildman–Crippen LogP) is 0.546. The van der Waals surface area contributed by atoms with Crippen molar-refractivity contribution in [3.8, 4) is 0 Å². The van der Waals surface area contributed by atoms with Crippen molar-refractivity contribution in [3.05, 3.63) is 66.5 Å². The largest absolute Gasteiger partial charge is 0.461 e. The molecule has 134 valence electrons. The molecule has 0 amide bonds. The number of ether oxygens (including phenoxy) is 1. The Labute approximate surface area is 144 Å². The summed E-state index contributed by atoms with van der Waals surface area (Å²) >= 11 is 0. The van der Waals surface area contributed by atoms with Crippen LogP contribution in [-0.2, 0) is 11.3 Å². The molecule has 0 atom stereocenters. The summed E-state index contributed by atoms with van der Waals surface area (Å²) in [6.07, 6.45) is 1.50. The van der Waals surface area contributed by atoms with E-state index in [-0.39, 0.29) is 35.6 Å². The Morgan fingerprint density at radius 1 is 1.31 bits per heavy atom. The fourth-order valence-electron chi connectivity index (χ4n) is 2.45. The number of esters is 1. The van der Waals surface area contributed by atoms with Crippen LogP contribution in [0.15, 0.2) is 34.0 Å². The molecule has 0 spiro atoms. The number of rotatable bonds is 5. The van der Waals surface area contributed by atoms with Crippen molar-refractivity contribution in [2.45, 2.75) is 13.5 Å². The number of hydrogen-bond acceptors (Lipinski definition) is 7. The minimum absolute atomic E-state index is 0.0274. The zero-order chi connectivity index (χ0) is 18.8. The van der Waals surface area contributed by atoms with Gasteiger partial charge in [0.15, 0.2) is 5.69 Å². The number of carbonyl (C=O) groups is 1. The third-order valence-corrected chi connectivity index (χ3v) is 3.57. The van der Waals surface area contributed by atoms with E-state index in [0.29, 0.717) is 5.56 Å². The van der Waals surface area contributed by atoms with Crippen molar-refractivity contribution in [3.63, 3.8) is 0 Å². The van der Waals surface area contributed by atoms with Gasteiger partial charge in [0.05, 0.1) is 29.1 Å². The highest BCUT2D eigenvalue weighted by Crippen LogP contribution is 2.22. The number of carbonyl (C=O) groups excluding carboxylic acids is 1. The molecule has 0 saturated heterocycles. The minimum Gasteiger partial charge on any atom is -0.461 e. The molecule has 2 aromatic heterocycles. The summed E-state index contributed by atoms with van der Waals surface area (Å²) in [5.41, 5.74) is -1.24. The number of non-ortho nitro benzene ring substituents is 1. The molecular formula is C15H13N5O6. The van der Waals surface area contributed by atoms with Gasteiger partial charge in [-0.05, 0) is 13.0 Å². The molecule has 11 nitrogen and oxygen atoms in total. The van der Waals surface area contributed by atoms with Gasteiger partial charge in [-0.3, -0.25) is 24.4 Å². The van der Waals surface area contributed by atoms with Gasteiger partial charge >= 0.3 is 17.1 Å². The quantitative estimate of drug-likeness (QED) is 0.292. The molecule has 0 unspecified atom stereocenters. The number of nitrogens with zero attached hydrogens (tertiary/aromatic N) is 3. The van der Waals surface area contributed by atoms with Gasteiger partial charge in [-0.15, -0.1) is 0 Å². The smallest absolute Gasteiger partial charge is 0.358 e. The van der Waals surface area contributed by atoms with Gasteiger partial charge in [-0.2, -0.15) is 5.10 Å². The van der Waals surface area contributed by atoms with E-state index >= 15 is 0 Å². The fourth-order valence-corrected chi connectivity index (χ4v) is 2.45. The highest BCUT2D eigenvalue weighted by molar-refractivity contribution is 5.87. The Balaban J connectivity index is 2.07. The maximum atomic E-state index is 11.7. The van der Waals surface area contributed by atoms with Crippen LogP contribution < -0.4 is 11.1 Å². The van der Waals surface area contributed by atoms with Crippen molar-refractivity contribution >= 4 is 22.7 Å². The predicted molar refractivity (Wildman–Crippen MR) is 89.1 cm³/mol. The Morgan fingerprint density at radius 3 is 2.73 bits per heavy atom. The van der Waals surface area contributed by atoms with Gasteiger partial charge in [-0.1, -0.05) is 0 Å². The first-order chi connectivity index (χ1) is 12.4. The van der Waals surface area contributed by atoms with Gasteiger partial charge in [0.25, 0.3) is 5.69 Å². The van der Waals surface area contributed by atoms with Crippen molar-refractivity contribution in [2.75, 3.05) is 6.61 Å². The summed E-state index contributed by atoms with van der Waals surface area (Å²) in [6.45, 7) is 1.90. The summed E-state index contributed by atoms with van der Waals surface area (Å²) in [5, 5.41) is 15.2. The third-order valence-electron chi connectivity index (χ3n) is 3.57. The monoisotopic (exact) mass is 359 g/mol. The van der Waals surface area contributed by atoms with Crippen molar-refractivity contribution in [1.29, 1.82) is 0 Å². The second-order valence-electron chi connectivity index (χ2n) is 5.31. The zero-order valence-electron chi connectivity index (χ0n) is 13.5. The second-order valence-corrected chi connectivity index (χ2v) is 5.31. The van der Waals surface area contributed by atoms with Crippen LogP contribution in [0.25, 0.3) is 11.0 Å². The maximum Gasteiger partial charge on any atom is 0.358 e. The lowest BCUT2D eigenvalue weighted by atomic mass is 10.1. The number of fused-ring (bicyclic) bond motifs is 1. The molecule has 0 saturated carbocycles. The van der Waals surface area contributed by atoms with Crippen molar-refractivity contribution in [2.24, 2.45) is 0 Å². The van der Waals surface area contributed by atoms with Crippen LogP contribution in [-0.4, -0.2) is 37.2 Å². The molecule has 0 fully saturated rings. The number of benzene rings is 1. The van der Waals surface area contributed by atoms with Crippen LogP contribution in [0.2, 0.25) is 0 Å². The second kappa shape index (κ2) is 6.63. The summed E-state index contributed by atoms with van der Waals surface area (Å²) in [6, 6.07) is 3.87. The summed E-state index contributed by atoms with van der Waals surface area (Å²) in [7, 11) is 0. The summed E-state index contributed by atoms with van der Waals surface area (Å²) < 4.78 is 6.22. The van der Waals surface area contributed by atoms with E-state index in [0.717, 1.165) is 6.07 Å². The number of nitro groups is 1. The van der Waals surface area contributed by atoms with Gasteiger partial charge in [-0.25, -0.2) is 4.79 Å². The number of aromatic nitrogens is 4. The van der Waals surface area contributed by atoms with Gasteiger partial charge in [0.1, 0.15) is 0 Å². The summed E-state index contributed by atoms with van der Waals surface area (Å²) in [5.74, 6) is -0.590. The molecule has 0 aliphatic heterocycles. The standard InChI is InChI=1S/C15H13N5O6/c1-2-26-15(23)10-3-4-19(18-10)7-8-5-9(20(24)25)6-11-12(8)17-14(22)13(21)16-11/h3-6H,2,7H2,1H3,(H,16,21)(H,17,22). The van der Waals surface area contributed by atoms with E-state index in [1.807, 2.05) is 0 Å². The molecule has 2 N–H and O–H groups in total. The average Bonchev–Trinajstić information content (AvgIpc) is 3.05. The lowest BCUT2D eigenvalue weighted by molar-refractivity contribution is -0.384. The van der Waals surface area contributed by atoms with Gasteiger partial charge in [0.2, 0.25) is 0 Å². The Kier molecular flexibility index (Phi) is 4.35. The van der Waals surface area contributed by atoms with Gasteiger partial charge in [0, 0.05) is 23.9 Å². The van der Waals surface area contributed by atoms with E-state index in [1.165, 1.54) is 23.0 Å². The van der Waals surface area contributed by atoms with Crippen LogP contribution in [0.1, 0.15) is 23.0 Å². The lowest BCUT2D eigenvalue weighted by Crippen LogP contribution is -2.29. The number of H-pyrrole nitrogens is 2. The van der Waals surface area contributed by atoms with Crippen LogP contribution in [0, 0.1) is 10.1 Å². The highest BCUT2D eigenvalue weighted by Gasteiger charge is 2.16. The number of nitrogens with one attached hydrogen (secondary N) is 2. The van der Waals surface area contributed by atoms with E-state index in [4.69, 9.17) is 4.74 Å². The average molecular weight is 359 g/mol. The van der Waals surface area contributed by atoms with E-state index in [2.05, 4.69) is 15.1 Å². The van der Waals surface area contributed by atoms with Crippen LogP contribution in [0.3, 0.4) is 0 Å². The first-order valence-electron chi connectivity index (χ1n) is 7.53. The van der Waals surface area contributed by atoms with E-state index in [9.17, 15) is 24.5 Å². The van der Waals surface area contributed by atoms with Crippen molar-refractivity contribution in [1.82, 2.24) is 19.7 Å². The van der Waals surface area contributed by atoms with E-state index in [1.54, 1.807) is 6.92 Å². The van der Waals surface area contributed by atoms with Crippen LogP contribution in [0.5, 0.6) is 0 Å². The third kappa shape index (κ3) is 3.22. The van der Waals surface area contributed by atoms with Crippen LogP contribution in [0.4, 0.5) is 5.69 Å². The van der Waals surface area contributed by atoms with Gasteiger partial charge < -0.3 is 14.7 Å². The Bertz CT molecular complexity index is 1130. The molecule has 0 radical (unpaired) electrons. The molecule has 2 heterocycles. The zero-order valence-corrected chi connectivity index (χ0v) is 13.5. The van der Waals surface area contributed by atoms with E-state index < -0.39 is 22.0 Å². The molecule has 0 aliphatic rings. The Hall–Kier alpha value is -3.76. The number of hydrogen-bond donors (Lipinski definition) is 2. The normalized spacial score (nSPS) is 10.8.